The fourth-order valence-electron chi connectivity index (χ4n) is 2.68. The van der Waals surface area contributed by atoms with Gasteiger partial charge in [0.2, 0.25) is 11.8 Å². The van der Waals surface area contributed by atoms with Gasteiger partial charge in [0, 0.05) is 13.5 Å². The molecule has 1 aromatic rings. The highest BCUT2D eigenvalue weighted by Gasteiger charge is 2.28. The van der Waals surface area contributed by atoms with Gasteiger partial charge >= 0.3 is 12.1 Å². The van der Waals surface area contributed by atoms with Gasteiger partial charge in [-0.1, -0.05) is 44.2 Å². The van der Waals surface area contributed by atoms with Crippen LogP contribution in [0.15, 0.2) is 30.3 Å². The minimum atomic E-state index is -1.16. The van der Waals surface area contributed by atoms with Gasteiger partial charge < -0.3 is 25.8 Å². The molecular weight excluding hydrogens is 390 g/mol. The summed E-state index contributed by atoms with van der Waals surface area (Å²) in [4.78, 5) is 47.0. The predicted octanol–water partition coefficient (Wildman–Crippen LogP) is 1.81. The highest BCUT2D eigenvalue weighted by atomic mass is 16.5. The quantitative estimate of drug-likeness (QED) is 0.380. The average molecular weight is 421 g/mol. The lowest BCUT2D eigenvalue weighted by Gasteiger charge is -2.23. The van der Waals surface area contributed by atoms with E-state index in [-0.39, 0.29) is 24.9 Å². The van der Waals surface area contributed by atoms with Crippen LogP contribution in [0.5, 0.6) is 0 Å². The lowest BCUT2D eigenvalue weighted by atomic mass is 10.0. The van der Waals surface area contributed by atoms with E-state index in [0.29, 0.717) is 19.4 Å². The first kappa shape index (κ1) is 24.9. The number of alkyl carbamates (subject to hydrolysis) is 1. The normalized spacial score (nSPS) is 12.5. The van der Waals surface area contributed by atoms with Crippen molar-refractivity contribution >= 4 is 23.9 Å². The van der Waals surface area contributed by atoms with Crippen LogP contribution < -0.4 is 16.0 Å². The Labute approximate surface area is 176 Å². The monoisotopic (exact) mass is 421 g/mol. The molecule has 166 valence electrons. The molecule has 0 spiro atoms. The van der Waals surface area contributed by atoms with Crippen molar-refractivity contribution in [3.63, 3.8) is 0 Å². The first-order valence-electron chi connectivity index (χ1n) is 9.95. The van der Waals surface area contributed by atoms with Crippen LogP contribution in [0.25, 0.3) is 0 Å². The number of benzene rings is 1. The van der Waals surface area contributed by atoms with Gasteiger partial charge in [0.05, 0.1) is 0 Å². The molecule has 0 saturated carbocycles. The molecule has 0 saturated heterocycles. The number of unbranched alkanes of at least 4 members (excludes halogenated alkanes) is 1. The zero-order valence-corrected chi connectivity index (χ0v) is 17.6. The maximum absolute atomic E-state index is 12.6. The Bertz CT molecular complexity index is 708. The number of nitrogens with one attached hydrogen (secondary N) is 3. The standard InChI is InChI=1S/C21H31N3O6/c1-14(2)18(24-21(29)30-13-16-9-5-4-6-10-16)19(26)23-17(20(27)28)11-7-8-12-22-15(3)25/h4-6,9-10,14,17-18H,7-8,11-13H2,1-3H3,(H,22,25)(H,23,26)(H,24,29)(H,27,28)/t17-,18-/m0/s1. The van der Waals surface area contributed by atoms with Crippen molar-refractivity contribution in [3.8, 4) is 0 Å². The van der Waals surface area contributed by atoms with Gasteiger partial charge in [0.1, 0.15) is 18.7 Å². The molecular formula is C21H31N3O6. The van der Waals surface area contributed by atoms with E-state index in [0.717, 1.165) is 5.56 Å². The molecule has 0 aromatic heterocycles. The molecule has 9 nitrogen and oxygen atoms in total. The van der Waals surface area contributed by atoms with E-state index in [1.54, 1.807) is 13.8 Å². The Kier molecular flexibility index (Phi) is 11.0. The lowest BCUT2D eigenvalue weighted by molar-refractivity contribution is -0.142. The summed E-state index contributed by atoms with van der Waals surface area (Å²) in [6.07, 6.45) is 0.562. The predicted molar refractivity (Wildman–Crippen MR) is 110 cm³/mol. The van der Waals surface area contributed by atoms with Crippen LogP contribution in [-0.4, -0.2) is 47.6 Å². The smallest absolute Gasteiger partial charge is 0.408 e. The largest absolute Gasteiger partial charge is 0.480 e. The number of carbonyl (C=O) groups is 4. The van der Waals surface area contributed by atoms with Gasteiger partial charge in [-0.3, -0.25) is 9.59 Å². The number of ether oxygens (including phenoxy) is 1. The fraction of sp³-hybridized carbons (Fsp3) is 0.524. The topological polar surface area (TPSA) is 134 Å². The van der Waals surface area contributed by atoms with E-state index >= 15 is 0 Å². The molecule has 9 heteroatoms. The highest BCUT2D eigenvalue weighted by molar-refractivity contribution is 5.89. The zero-order valence-electron chi connectivity index (χ0n) is 17.6. The van der Waals surface area contributed by atoms with Crippen molar-refractivity contribution in [3.05, 3.63) is 35.9 Å². The van der Waals surface area contributed by atoms with Gasteiger partial charge in [-0.15, -0.1) is 0 Å². The maximum atomic E-state index is 12.6. The number of carbonyl (C=O) groups excluding carboxylic acids is 3. The molecule has 1 rings (SSSR count). The van der Waals surface area contributed by atoms with Crippen molar-refractivity contribution in [2.24, 2.45) is 5.92 Å². The first-order valence-corrected chi connectivity index (χ1v) is 9.95. The minimum absolute atomic E-state index is 0.0607. The maximum Gasteiger partial charge on any atom is 0.408 e. The van der Waals surface area contributed by atoms with Crippen LogP contribution in [0.2, 0.25) is 0 Å². The summed E-state index contributed by atoms with van der Waals surface area (Å²) in [6.45, 7) is 5.39. The molecule has 0 fully saturated rings. The van der Waals surface area contributed by atoms with E-state index < -0.39 is 30.1 Å². The molecule has 1 aromatic carbocycles. The second-order valence-electron chi connectivity index (χ2n) is 7.31. The Morgan fingerprint density at radius 3 is 2.27 bits per heavy atom. The summed E-state index contributed by atoms with van der Waals surface area (Å²) in [6, 6.07) is 7.09. The molecule has 0 radical (unpaired) electrons. The average Bonchev–Trinajstić information content (AvgIpc) is 2.69. The van der Waals surface area contributed by atoms with Crippen LogP contribution in [0.1, 0.15) is 45.6 Å². The number of amides is 3. The number of hydrogen-bond donors (Lipinski definition) is 4. The first-order chi connectivity index (χ1) is 14.2. The molecule has 3 amide bonds. The van der Waals surface area contributed by atoms with Crippen LogP contribution in [-0.2, 0) is 25.7 Å². The van der Waals surface area contributed by atoms with Gasteiger partial charge in [0.25, 0.3) is 0 Å². The molecule has 4 N–H and O–H groups in total. The molecule has 0 aliphatic rings. The zero-order chi connectivity index (χ0) is 22.5. The lowest BCUT2D eigenvalue weighted by Crippen LogP contribution is -2.53. The van der Waals surface area contributed by atoms with E-state index in [9.17, 15) is 24.3 Å². The SMILES string of the molecule is CC(=O)NCCCC[C@H](NC(=O)[C@@H](NC(=O)OCc1ccccc1)C(C)C)C(=O)O. The molecule has 0 heterocycles. The van der Waals surface area contributed by atoms with E-state index in [1.807, 2.05) is 30.3 Å². The Hall–Kier alpha value is -3.10. The molecule has 0 unspecified atom stereocenters. The minimum Gasteiger partial charge on any atom is -0.480 e. The van der Waals surface area contributed by atoms with Crippen molar-refractivity contribution in [1.29, 1.82) is 0 Å². The van der Waals surface area contributed by atoms with Gasteiger partial charge in [-0.25, -0.2) is 9.59 Å². The van der Waals surface area contributed by atoms with Crippen molar-refractivity contribution < 1.29 is 29.0 Å². The van der Waals surface area contributed by atoms with Crippen LogP contribution in [0, 0.1) is 5.92 Å². The van der Waals surface area contributed by atoms with Crippen LogP contribution in [0.4, 0.5) is 4.79 Å². The number of carboxylic acids is 1. The Morgan fingerprint density at radius 1 is 1.03 bits per heavy atom. The summed E-state index contributed by atoms with van der Waals surface area (Å²) < 4.78 is 5.14. The third kappa shape index (κ3) is 9.90. The summed E-state index contributed by atoms with van der Waals surface area (Å²) in [5.41, 5.74) is 0.809. The number of aliphatic carboxylic acids is 1. The third-order valence-corrected chi connectivity index (χ3v) is 4.34. The second-order valence-corrected chi connectivity index (χ2v) is 7.31. The van der Waals surface area contributed by atoms with E-state index in [2.05, 4.69) is 16.0 Å². The van der Waals surface area contributed by atoms with Crippen molar-refractivity contribution in [2.75, 3.05) is 6.54 Å². The summed E-state index contributed by atoms with van der Waals surface area (Å²) in [7, 11) is 0. The van der Waals surface area contributed by atoms with Crippen molar-refractivity contribution in [1.82, 2.24) is 16.0 Å². The van der Waals surface area contributed by atoms with Gasteiger partial charge in [-0.05, 0) is 30.7 Å². The fourth-order valence-corrected chi connectivity index (χ4v) is 2.68. The molecule has 2 atom stereocenters. The highest BCUT2D eigenvalue weighted by Crippen LogP contribution is 2.07. The van der Waals surface area contributed by atoms with E-state index in [4.69, 9.17) is 4.74 Å². The Morgan fingerprint density at radius 2 is 1.70 bits per heavy atom. The molecule has 0 bridgehead atoms. The van der Waals surface area contributed by atoms with Crippen LogP contribution in [0.3, 0.4) is 0 Å². The number of hydrogen-bond acceptors (Lipinski definition) is 5. The van der Waals surface area contributed by atoms with Gasteiger partial charge in [-0.2, -0.15) is 0 Å². The van der Waals surface area contributed by atoms with E-state index in [1.165, 1.54) is 6.92 Å². The summed E-state index contributed by atoms with van der Waals surface area (Å²) in [5, 5.41) is 17.0. The second kappa shape index (κ2) is 13.2. The van der Waals surface area contributed by atoms with Crippen molar-refractivity contribution in [2.45, 2.75) is 58.7 Å². The molecule has 30 heavy (non-hydrogen) atoms. The van der Waals surface area contributed by atoms with Gasteiger partial charge in [0.15, 0.2) is 0 Å². The summed E-state index contributed by atoms with van der Waals surface area (Å²) >= 11 is 0. The molecule has 0 aliphatic carbocycles. The third-order valence-electron chi connectivity index (χ3n) is 4.34. The number of rotatable bonds is 12. The molecule has 0 aliphatic heterocycles. The van der Waals surface area contributed by atoms with Crippen LogP contribution >= 0.6 is 0 Å². The number of carboxylic acid groups (broad SMARTS) is 1. The summed E-state index contributed by atoms with van der Waals surface area (Å²) in [5.74, 6) is -2.17. The Balaban J connectivity index is 2.55.